The van der Waals surface area contributed by atoms with Crippen LogP contribution in [-0.2, 0) is 0 Å². The molecule has 0 unspecified atom stereocenters. The number of hydrogen-bond donors (Lipinski definition) is 0. The van der Waals surface area contributed by atoms with E-state index in [9.17, 15) is 4.79 Å². The number of aldehydes is 1. The number of carbonyl (C=O) groups is 1. The zero-order valence-electron chi connectivity index (χ0n) is 8.63. The van der Waals surface area contributed by atoms with Crippen molar-refractivity contribution in [3.8, 4) is 0 Å². The number of nitrogens with zero attached hydrogens (tertiary/aromatic N) is 1. The minimum atomic E-state index is 0.446. The molecule has 1 rings (SSSR count). The van der Waals surface area contributed by atoms with Gasteiger partial charge in [-0.3, -0.25) is 4.79 Å². The van der Waals surface area contributed by atoms with E-state index in [4.69, 9.17) is 34.8 Å². The van der Waals surface area contributed by atoms with E-state index in [-0.39, 0.29) is 0 Å². The molecule has 0 spiro atoms. The molecule has 0 radical (unpaired) electrons. The summed E-state index contributed by atoms with van der Waals surface area (Å²) in [4.78, 5) is 12.6. The first-order chi connectivity index (χ1) is 7.72. The molecule has 0 bridgehead atoms. The zero-order valence-corrected chi connectivity index (χ0v) is 10.9. The van der Waals surface area contributed by atoms with E-state index >= 15 is 0 Å². The van der Waals surface area contributed by atoms with Crippen LogP contribution >= 0.6 is 34.8 Å². The van der Waals surface area contributed by atoms with Gasteiger partial charge < -0.3 is 4.90 Å². The van der Waals surface area contributed by atoms with Crippen molar-refractivity contribution in [3.05, 3.63) is 28.8 Å². The third-order valence-corrected chi connectivity index (χ3v) is 2.85. The Morgan fingerprint density at radius 1 is 1.19 bits per heavy atom. The van der Waals surface area contributed by atoms with E-state index in [1.807, 2.05) is 11.0 Å². The number of halogens is 3. The highest BCUT2D eigenvalue weighted by Gasteiger charge is 2.07. The Balaban J connectivity index is 2.91. The average Bonchev–Trinajstić information content (AvgIpc) is 2.28. The molecule has 16 heavy (non-hydrogen) atoms. The lowest BCUT2D eigenvalue weighted by Crippen LogP contribution is -2.27. The van der Waals surface area contributed by atoms with Gasteiger partial charge in [0.2, 0.25) is 0 Å². The highest BCUT2D eigenvalue weighted by Crippen LogP contribution is 2.22. The molecule has 0 heterocycles. The molecule has 1 aromatic rings. The molecular weight excluding hydrogens is 268 g/mol. The Hall–Kier alpha value is -0.440. The van der Waals surface area contributed by atoms with E-state index < -0.39 is 0 Å². The normalized spacial score (nSPS) is 10.2. The maximum atomic E-state index is 10.6. The fourth-order valence-corrected chi connectivity index (χ4v) is 2.01. The topological polar surface area (TPSA) is 20.3 Å². The van der Waals surface area contributed by atoms with Crippen molar-refractivity contribution in [2.45, 2.75) is 0 Å². The highest BCUT2D eigenvalue weighted by atomic mass is 35.5. The lowest BCUT2D eigenvalue weighted by molar-refractivity contribution is 0.112. The number of rotatable bonds is 6. The van der Waals surface area contributed by atoms with Gasteiger partial charge in [0, 0.05) is 36.1 Å². The van der Waals surface area contributed by atoms with Crippen LogP contribution in [0.15, 0.2) is 18.2 Å². The van der Waals surface area contributed by atoms with Crippen LogP contribution in [0, 0.1) is 0 Å². The van der Waals surface area contributed by atoms with Gasteiger partial charge in [0.1, 0.15) is 0 Å². The molecule has 0 aromatic heterocycles. The number of alkyl halides is 2. The fourth-order valence-electron chi connectivity index (χ4n) is 1.38. The molecule has 0 amide bonds. The second-order valence-electron chi connectivity index (χ2n) is 3.19. The van der Waals surface area contributed by atoms with Crippen LogP contribution in [-0.4, -0.2) is 31.1 Å². The predicted octanol–water partition coefficient (Wildman–Crippen LogP) is 3.44. The Kier molecular flexibility index (Phi) is 5.96. The Morgan fingerprint density at radius 2 is 1.81 bits per heavy atom. The van der Waals surface area contributed by atoms with E-state index in [2.05, 4.69) is 0 Å². The van der Waals surface area contributed by atoms with E-state index in [0.29, 0.717) is 35.4 Å². The highest BCUT2D eigenvalue weighted by molar-refractivity contribution is 6.33. The molecule has 0 saturated heterocycles. The summed E-state index contributed by atoms with van der Waals surface area (Å²) < 4.78 is 0. The van der Waals surface area contributed by atoms with Crippen LogP contribution in [0.4, 0.5) is 5.69 Å². The minimum Gasteiger partial charge on any atom is -0.369 e. The standard InChI is InChI=1S/C11H12Cl3NO/c12-3-5-15(6-4-13)10-2-1-9(8-16)11(14)7-10/h1-2,7-8H,3-6H2. The Labute approximate surface area is 110 Å². The molecule has 0 aliphatic rings. The third kappa shape index (κ3) is 3.55. The first-order valence-corrected chi connectivity index (χ1v) is 6.29. The summed E-state index contributed by atoms with van der Waals surface area (Å²) >= 11 is 17.4. The van der Waals surface area contributed by atoms with Gasteiger partial charge in [-0.15, -0.1) is 23.2 Å². The number of hydrogen-bond acceptors (Lipinski definition) is 2. The first kappa shape index (κ1) is 13.6. The van der Waals surface area contributed by atoms with Crippen LogP contribution in [0.1, 0.15) is 10.4 Å². The van der Waals surface area contributed by atoms with Gasteiger partial charge in [-0.2, -0.15) is 0 Å². The maximum Gasteiger partial charge on any atom is 0.151 e. The molecule has 0 aliphatic carbocycles. The summed E-state index contributed by atoms with van der Waals surface area (Å²) in [5.41, 5.74) is 1.42. The third-order valence-electron chi connectivity index (χ3n) is 2.19. The molecule has 0 atom stereocenters. The molecule has 88 valence electrons. The maximum absolute atomic E-state index is 10.6. The summed E-state index contributed by atoms with van der Waals surface area (Å²) in [6, 6.07) is 5.29. The molecule has 0 aliphatic heterocycles. The van der Waals surface area contributed by atoms with Crippen LogP contribution < -0.4 is 4.90 Å². The molecule has 2 nitrogen and oxygen atoms in total. The van der Waals surface area contributed by atoms with Crippen molar-refractivity contribution >= 4 is 46.8 Å². The molecular formula is C11H12Cl3NO. The Morgan fingerprint density at radius 3 is 2.25 bits per heavy atom. The predicted molar refractivity (Wildman–Crippen MR) is 70.5 cm³/mol. The summed E-state index contributed by atoms with van der Waals surface area (Å²) in [6.45, 7) is 1.40. The van der Waals surface area contributed by atoms with Crippen molar-refractivity contribution < 1.29 is 4.79 Å². The summed E-state index contributed by atoms with van der Waals surface area (Å²) in [5.74, 6) is 1.04. The summed E-state index contributed by atoms with van der Waals surface area (Å²) in [7, 11) is 0. The van der Waals surface area contributed by atoms with Gasteiger partial charge >= 0.3 is 0 Å². The number of anilines is 1. The second-order valence-corrected chi connectivity index (χ2v) is 4.35. The van der Waals surface area contributed by atoms with Crippen LogP contribution in [0.5, 0.6) is 0 Å². The van der Waals surface area contributed by atoms with E-state index in [0.717, 1.165) is 12.0 Å². The monoisotopic (exact) mass is 279 g/mol. The number of carbonyl (C=O) groups excluding carboxylic acids is 1. The van der Waals surface area contributed by atoms with Crippen molar-refractivity contribution in [2.24, 2.45) is 0 Å². The molecule has 5 heteroatoms. The van der Waals surface area contributed by atoms with Crippen LogP contribution in [0.25, 0.3) is 0 Å². The lowest BCUT2D eigenvalue weighted by atomic mass is 10.2. The molecule has 0 saturated carbocycles. The van der Waals surface area contributed by atoms with Gasteiger partial charge in [-0.1, -0.05) is 11.6 Å². The SMILES string of the molecule is O=Cc1ccc(N(CCCl)CCCl)cc1Cl. The van der Waals surface area contributed by atoms with E-state index in [1.54, 1.807) is 12.1 Å². The fraction of sp³-hybridized carbons (Fsp3) is 0.364. The Bertz CT molecular complexity index is 351. The van der Waals surface area contributed by atoms with Crippen molar-refractivity contribution in [2.75, 3.05) is 29.7 Å². The van der Waals surface area contributed by atoms with Crippen molar-refractivity contribution in [1.82, 2.24) is 0 Å². The van der Waals surface area contributed by atoms with Crippen LogP contribution in [0.3, 0.4) is 0 Å². The lowest BCUT2D eigenvalue weighted by Gasteiger charge is -2.23. The van der Waals surface area contributed by atoms with Gasteiger partial charge in [-0.25, -0.2) is 0 Å². The first-order valence-electron chi connectivity index (χ1n) is 4.84. The van der Waals surface area contributed by atoms with Gasteiger partial charge in [0.25, 0.3) is 0 Å². The van der Waals surface area contributed by atoms with Crippen LogP contribution in [0.2, 0.25) is 5.02 Å². The van der Waals surface area contributed by atoms with Crippen molar-refractivity contribution in [1.29, 1.82) is 0 Å². The summed E-state index contributed by atoms with van der Waals surface area (Å²) in [5, 5.41) is 0.446. The van der Waals surface area contributed by atoms with Gasteiger partial charge in [0.15, 0.2) is 6.29 Å². The van der Waals surface area contributed by atoms with E-state index in [1.165, 1.54) is 0 Å². The smallest absolute Gasteiger partial charge is 0.151 e. The molecule has 0 fully saturated rings. The van der Waals surface area contributed by atoms with Crippen molar-refractivity contribution in [3.63, 3.8) is 0 Å². The zero-order chi connectivity index (χ0) is 12.0. The second kappa shape index (κ2) is 7.00. The largest absolute Gasteiger partial charge is 0.369 e. The molecule has 0 N–H and O–H groups in total. The minimum absolute atomic E-state index is 0.446. The van der Waals surface area contributed by atoms with Gasteiger partial charge in [-0.05, 0) is 18.2 Å². The van der Waals surface area contributed by atoms with Gasteiger partial charge in [0.05, 0.1) is 5.02 Å². The quantitative estimate of drug-likeness (QED) is 0.588. The summed E-state index contributed by atoms with van der Waals surface area (Å²) in [6.07, 6.45) is 0.736. The molecule has 1 aromatic carbocycles. The average molecular weight is 281 g/mol. The number of benzene rings is 1.